The van der Waals surface area contributed by atoms with E-state index in [-0.39, 0.29) is 6.04 Å². The maximum atomic E-state index is 5.66. The van der Waals surface area contributed by atoms with Gasteiger partial charge in [0.15, 0.2) is 5.96 Å². The molecule has 0 aliphatic carbocycles. The first-order valence-corrected chi connectivity index (χ1v) is 7.42. The van der Waals surface area contributed by atoms with Gasteiger partial charge in [0.2, 0.25) is 0 Å². The molecule has 0 fully saturated rings. The van der Waals surface area contributed by atoms with E-state index >= 15 is 0 Å². The third-order valence-electron chi connectivity index (χ3n) is 2.97. The van der Waals surface area contributed by atoms with Gasteiger partial charge in [-0.1, -0.05) is 0 Å². The number of nitrogens with zero attached hydrogens (tertiary/aromatic N) is 1. The maximum absolute atomic E-state index is 5.66. The first-order chi connectivity index (χ1) is 10.7. The normalized spacial score (nSPS) is 12.6. The average molecular weight is 309 g/mol. The molecule has 124 valence electrons. The second kappa shape index (κ2) is 10.7. The largest absolute Gasteiger partial charge is 0.497 e. The Balaban J connectivity index is 2.18. The standard InChI is InChI=1S/C16H27N3O3/c1-13(12-20-3)19-16(17-2)18-10-5-11-22-15-8-6-14(21-4)7-9-15/h6-9,13H,5,10-12H2,1-4H3,(H2,17,18,19). The highest BCUT2D eigenvalue weighted by molar-refractivity contribution is 5.79. The van der Waals surface area contributed by atoms with Crippen LogP contribution in [0, 0.1) is 0 Å². The van der Waals surface area contributed by atoms with Crippen LogP contribution >= 0.6 is 0 Å². The van der Waals surface area contributed by atoms with Gasteiger partial charge in [0.25, 0.3) is 0 Å². The second-order valence-corrected chi connectivity index (χ2v) is 4.88. The van der Waals surface area contributed by atoms with Crippen LogP contribution in [-0.4, -0.2) is 53.0 Å². The predicted molar refractivity (Wildman–Crippen MR) is 88.9 cm³/mol. The van der Waals surface area contributed by atoms with Crippen molar-refractivity contribution >= 4 is 5.96 Å². The van der Waals surface area contributed by atoms with Crippen LogP contribution in [0.15, 0.2) is 29.3 Å². The van der Waals surface area contributed by atoms with Crippen molar-refractivity contribution in [3.63, 3.8) is 0 Å². The molecule has 1 rings (SSSR count). The number of guanidine groups is 1. The number of rotatable bonds is 9. The first-order valence-electron chi connectivity index (χ1n) is 7.42. The highest BCUT2D eigenvalue weighted by Gasteiger charge is 2.03. The number of nitrogens with one attached hydrogen (secondary N) is 2. The minimum absolute atomic E-state index is 0.215. The van der Waals surface area contributed by atoms with Gasteiger partial charge < -0.3 is 24.8 Å². The zero-order valence-corrected chi connectivity index (χ0v) is 13.9. The van der Waals surface area contributed by atoms with Crippen molar-refractivity contribution in [3.05, 3.63) is 24.3 Å². The third-order valence-corrected chi connectivity index (χ3v) is 2.97. The van der Waals surface area contributed by atoms with Crippen LogP contribution in [0.25, 0.3) is 0 Å². The molecular weight excluding hydrogens is 282 g/mol. The van der Waals surface area contributed by atoms with Crippen molar-refractivity contribution in [1.29, 1.82) is 0 Å². The lowest BCUT2D eigenvalue weighted by molar-refractivity contribution is 0.179. The van der Waals surface area contributed by atoms with Crippen LogP contribution in [0.5, 0.6) is 11.5 Å². The van der Waals surface area contributed by atoms with Crippen LogP contribution < -0.4 is 20.1 Å². The molecule has 0 radical (unpaired) electrons. The van der Waals surface area contributed by atoms with Crippen LogP contribution in [0.4, 0.5) is 0 Å². The van der Waals surface area contributed by atoms with E-state index in [9.17, 15) is 0 Å². The molecule has 0 saturated heterocycles. The van der Waals surface area contributed by atoms with Gasteiger partial charge >= 0.3 is 0 Å². The van der Waals surface area contributed by atoms with Crippen LogP contribution in [0.2, 0.25) is 0 Å². The fourth-order valence-electron chi connectivity index (χ4n) is 1.86. The zero-order valence-electron chi connectivity index (χ0n) is 13.9. The molecule has 0 heterocycles. The number of hydrogen-bond acceptors (Lipinski definition) is 4. The van der Waals surface area contributed by atoms with E-state index < -0.39 is 0 Å². The Labute approximate surface area is 132 Å². The van der Waals surface area contributed by atoms with E-state index in [1.165, 1.54) is 0 Å². The minimum atomic E-state index is 0.215. The number of ether oxygens (including phenoxy) is 3. The molecule has 2 N–H and O–H groups in total. The molecule has 1 aromatic rings. The van der Waals surface area contributed by atoms with Crippen molar-refractivity contribution in [3.8, 4) is 11.5 Å². The maximum Gasteiger partial charge on any atom is 0.191 e. The molecule has 0 amide bonds. The van der Waals surface area contributed by atoms with E-state index in [4.69, 9.17) is 14.2 Å². The Bertz CT molecular complexity index is 435. The lowest BCUT2D eigenvalue weighted by Crippen LogP contribution is -2.44. The van der Waals surface area contributed by atoms with Gasteiger partial charge in [-0.15, -0.1) is 0 Å². The van der Waals surface area contributed by atoms with E-state index in [0.717, 1.165) is 30.4 Å². The Morgan fingerprint density at radius 3 is 2.45 bits per heavy atom. The Morgan fingerprint density at radius 1 is 1.18 bits per heavy atom. The van der Waals surface area contributed by atoms with Crippen molar-refractivity contribution in [2.75, 3.05) is 41.0 Å². The lowest BCUT2D eigenvalue weighted by Gasteiger charge is -2.17. The number of methoxy groups -OCH3 is 2. The summed E-state index contributed by atoms with van der Waals surface area (Å²) in [5, 5.41) is 6.49. The van der Waals surface area contributed by atoms with Gasteiger partial charge in [-0.25, -0.2) is 0 Å². The van der Waals surface area contributed by atoms with Crippen LogP contribution in [0.3, 0.4) is 0 Å². The van der Waals surface area contributed by atoms with Gasteiger partial charge in [-0.05, 0) is 37.6 Å². The quantitative estimate of drug-likeness (QED) is 0.413. The molecule has 0 bridgehead atoms. The third kappa shape index (κ3) is 7.17. The van der Waals surface area contributed by atoms with E-state index in [2.05, 4.69) is 15.6 Å². The molecule has 0 aliphatic heterocycles. The van der Waals surface area contributed by atoms with Gasteiger partial charge in [0, 0.05) is 26.7 Å². The Morgan fingerprint density at radius 2 is 1.86 bits per heavy atom. The summed E-state index contributed by atoms with van der Waals surface area (Å²) < 4.78 is 15.9. The molecule has 0 spiro atoms. The van der Waals surface area contributed by atoms with Gasteiger partial charge in [0.05, 0.1) is 20.3 Å². The summed E-state index contributed by atoms with van der Waals surface area (Å²) in [4.78, 5) is 4.17. The van der Waals surface area contributed by atoms with Gasteiger partial charge in [-0.2, -0.15) is 0 Å². The molecule has 6 heteroatoms. The molecule has 1 unspecified atom stereocenters. The topological polar surface area (TPSA) is 64.1 Å². The van der Waals surface area contributed by atoms with Crippen molar-refractivity contribution in [1.82, 2.24) is 10.6 Å². The highest BCUT2D eigenvalue weighted by Crippen LogP contribution is 2.16. The zero-order chi connectivity index (χ0) is 16.2. The molecule has 6 nitrogen and oxygen atoms in total. The molecule has 0 aromatic heterocycles. The molecular formula is C16H27N3O3. The lowest BCUT2D eigenvalue weighted by atomic mass is 10.3. The van der Waals surface area contributed by atoms with E-state index in [1.807, 2.05) is 31.2 Å². The Kier molecular flexibility index (Phi) is 8.83. The molecule has 1 aromatic carbocycles. The monoisotopic (exact) mass is 309 g/mol. The smallest absolute Gasteiger partial charge is 0.191 e. The van der Waals surface area contributed by atoms with Crippen LogP contribution in [0.1, 0.15) is 13.3 Å². The first kappa shape index (κ1) is 18.1. The van der Waals surface area contributed by atoms with Crippen molar-refractivity contribution < 1.29 is 14.2 Å². The number of benzene rings is 1. The summed E-state index contributed by atoms with van der Waals surface area (Å²) in [6.07, 6.45) is 0.880. The Hall–Kier alpha value is -1.95. The fourth-order valence-corrected chi connectivity index (χ4v) is 1.86. The molecule has 0 saturated carbocycles. The summed E-state index contributed by atoms with van der Waals surface area (Å²) in [6, 6.07) is 7.79. The second-order valence-electron chi connectivity index (χ2n) is 4.88. The van der Waals surface area contributed by atoms with Crippen molar-refractivity contribution in [2.45, 2.75) is 19.4 Å². The van der Waals surface area contributed by atoms with Gasteiger partial charge in [-0.3, -0.25) is 4.99 Å². The average Bonchev–Trinajstić information content (AvgIpc) is 2.54. The van der Waals surface area contributed by atoms with Crippen molar-refractivity contribution in [2.24, 2.45) is 4.99 Å². The van der Waals surface area contributed by atoms with E-state index in [1.54, 1.807) is 21.3 Å². The number of hydrogen-bond donors (Lipinski definition) is 2. The number of aliphatic imine (C=N–C) groups is 1. The summed E-state index contributed by atoms with van der Waals surface area (Å²) in [7, 11) is 5.09. The van der Waals surface area contributed by atoms with Crippen LogP contribution in [-0.2, 0) is 4.74 Å². The predicted octanol–water partition coefficient (Wildman–Crippen LogP) is 1.66. The van der Waals surface area contributed by atoms with Gasteiger partial charge in [0.1, 0.15) is 11.5 Å². The van der Waals surface area contributed by atoms with E-state index in [0.29, 0.717) is 13.2 Å². The SMILES string of the molecule is CN=C(NCCCOc1ccc(OC)cc1)NC(C)COC. The fraction of sp³-hybridized carbons (Fsp3) is 0.562. The highest BCUT2D eigenvalue weighted by atomic mass is 16.5. The molecule has 0 aliphatic rings. The minimum Gasteiger partial charge on any atom is -0.497 e. The summed E-state index contributed by atoms with van der Waals surface area (Å²) >= 11 is 0. The molecule has 1 atom stereocenters. The summed E-state index contributed by atoms with van der Waals surface area (Å²) in [5.41, 5.74) is 0. The molecule has 22 heavy (non-hydrogen) atoms. The summed E-state index contributed by atoms with van der Waals surface area (Å²) in [5.74, 6) is 2.44. The summed E-state index contributed by atoms with van der Waals surface area (Å²) in [6.45, 7) is 4.11.